The fourth-order valence-electron chi connectivity index (χ4n) is 2.89. The molecule has 1 aromatic carbocycles. The number of carbonyl (C=O) groups is 2. The van der Waals surface area contributed by atoms with E-state index in [1.54, 1.807) is 26.0 Å². The number of hydrogen-bond acceptors (Lipinski definition) is 6. The summed E-state index contributed by atoms with van der Waals surface area (Å²) in [5.74, 6) is -0.878. The Balaban J connectivity index is 2.20. The summed E-state index contributed by atoms with van der Waals surface area (Å²) in [4.78, 5) is 27.1. The van der Waals surface area contributed by atoms with Crippen molar-refractivity contribution >= 4 is 27.6 Å². The number of benzene rings is 1. The first-order valence-electron chi connectivity index (χ1n) is 8.91. The van der Waals surface area contributed by atoms with Crippen molar-refractivity contribution in [1.29, 1.82) is 0 Å². The van der Waals surface area contributed by atoms with Crippen molar-refractivity contribution in [3.63, 3.8) is 0 Å². The van der Waals surface area contributed by atoms with Gasteiger partial charge < -0.3 is 19.8 Å². The number of amides is 1. The number of sulfonamides is 1. The lowest BCUT2D eigenvalue weighted by Gasteiger charge is -2.12. The standard InChI is InChI=1S/C19H25N3O6S/c1-6-28-19(24)17-12(3)21-13(4)18(17)29(25,26)20-10-16(23)22-14-9-11(2)7-8-15(14)27-5/h7-9,20-21H,6,10H2,1-5H3,(H,22,23). The topological polar surface area (TPSA) is 127 Å². The molecule has 1 aromatic heterocycles. The molecular formula is C19H25N3O6S. The average molecular weight is 423 g/mol. The minimum absolute atomic E-state index is 0.0717. The van der Waals surface area contributed by atoms with Crippen molar-refractivity contribution in [3.05, 3.63) is 40.7 Å². The number of esters is 1. The first-order valence-corrected chi connectivity index (χ1v) is 10.4. The van der Waals surface area contributed by atoms with Crippen LogP contribution in [0.1, 0.15) is 34.2 Å². The van der Waals surface area contributed by atoms with Crippen molar-refractivity contribution in [3.8, 4) is 5.75 Å². The number of carbonyl (C=O) groups excluding carboxylic acids is 2. The number of methoxy groups -OCH3 is 1. The average Bonchev–Trinajstić information content (AvgIpc) is 2.95. The quantitative estimate of drug-likeness (QED) is 0.558. The Morgan fingerprint density at radius 3 is 2.45 bits per heavy atom. The SMILES string of the molecule is CCOC(=O)c1c(C)[nH]c(C)c1S(=O)(=O)NCC(=O)Nc1cc(C)ccc1OC. The van der Waals surface area contributed by atoms with Crippen LogP contribution in [-0.4, -0.2) is 45.5 Å². The van der Waals surface area contributed by atoms with E-state index in [0.717, 1.165) is 5.56 Å². The summed E-state index contributed by atoms with van der Waals surface area (Å²) >= 11 is 0. The van der Waals surface area contributed by atoms with Crippen LogP contribution < -0.4 is 14.8 Å². The molecule has 0 aliphatic carbocycles. The Bertz CT molecular complexity index is 1030. The molecule has 3 N–H and O–H groups in total. The summed E-state index contributed by atoms with van der Waals surface area (Å²) in [6.45, 7) is 6.17. The van der Waals surface area contributed by atoms with Gasteiger partial charge >= 0.3 is 5.97 Å². The second-order valence-electron chi connectivity index (χ2n) is 6.38. The highest BCUT2D eigenvalue weighted by Gasteiger charge is 2.30. The van der Waals surface area contributed by atoms with E-state index in [1.807, 2.05) is 13.0 Å². The van der Waals surface area contributed by atoms with E-state index in [-0.39, 0.29) is 22.8 Å². The van der Waals surface area contributed by atoms with Crippen molar-refractivity contribution in [2.45, 2.75) is 32.6 Å². The predicted octanol–water partition coefficient (Wildman–Crippen LogP) is 2.04. The van der Waals surface area contributed by atoms with E-state index in [9.17, 15) is 18.0 Å². The van der Waals surface area contributed by atoms with Gasteiger partial charge in [-0.3, -0.25) is 4.79 Å². The summed E-state index contributed by atoms with van der Waals surface area (Å²) in [7, 11) is -2.68. The van der Waals surface area contributed by atoms with Gasteiger partial charge in [0.2, 0.25) is 15.9 Å². The van der Waals surface area contributed by atoms with Crippen LogP contribution in [0.4, 0.5) is 5.69 Å². The maximum absolute atomic E-state index is 12.8. The van der Waals surface area contributed by atoms with E-state index in [4.69, 9.17) is 9.47 Å². The smallest absolute Gasteiger partial charge is 0.341 e. The third-order valence-corrected chi connectivity index (χ3v) is 5.69. The first kappa shape index (κ1) is 22.4. The Labute approximate surface area is 169 Å². The summed E-state index contributed by atoms with van der Waals surface area (Å²) in [5.41, 5.74) is 1.91. The number of rotatable bonds is 8. The molecule has 0 aliphatic rings. The van der Waals surface area contributed by atoms with Crippen molar-refractivity contribution in [2.24, 2.45) is 0 Å². The molecule has 0 bridgehead atoms. The number of ether oxygens (including phenoxy) is 2. The number of hydrogen-bond donors (Lipinski definition) is 3. The Morgan fingerprint density at radius 2 is 1.83 bits per heavy atom. The van der Waals surface area contributed by atoms with Gasteiger partial charge in [0.1, 0.15) is 16.2 Å². The van der Waals surface area contributed by atoms with Crippen LogP contribution in [0.15, 0.2) is 23.1 Å². The molecule has 0 atom stereocenters. The van der Waals surface area contributed by atoms with Gasteiger partial charge in [-0.25, -0.2) is 17.9 Å². The number of H-pyrrole nitrogens is 1. The van der Waals surface area contributed by atoms with Gasteiger partial charge in [-0.05, 0) is 45.4 Å². The number of anilines is 1. The second kappa shape index (κ2) is 9.10. The van der Waals surface area contributed by atoms with E-state index >= 15 is 0 Å². The van der Waals surface area contributed by atoms with Crippen LogP contribution in [0.25, 0.3) is 0 Å². The molecule has 0 aliphatic heterocycles. The van der Waals surface area contributed by atoms with Gasteiger partial charge in [0.05, 0.1) is 25.9 Å². The van der Waals surface area contributed by atoms with Crippen LogP contribution in [-0.2, 0) is 19.6 Å². The predicted molar refractivity (Wildman–Crippen MR) is 108 cm³/mol. The maximum Gasteiger partial charge on any atom is 0.341 e. The molecule has 0 spiro atoms. The van der Waals surface area contributed by atoms with E-state index in [2.05, 4.69) is 15.0 Å². The molecule has 1 amide bonds. The second-order valence-corrected chi connectivity index (χ2v) is 8.08. The molecule has 10 heteroatoms. The normalized spacial score (nSPS) is 11.2. The molecule has 1 heterocycles. The molecule has 0 fully saturated rings. The summed E-state index contributed by atoms with van der Waals surface area (Å²) in [6, 6.07) is 5.24. The third kappa shape index (κ3) is 5.15. The molecule has 0 saturated heterocycles. The molecule has 158 valence electrons. The van der Waals surface area contributed by atoms with Crippen LogP contribution in [0.3, 0.4) is 0 Å². The lowest BCUT2D eigenvalue weighted by atomic mass is 10.2. The van der Waals surface area contributed by atoms with Crippen LogP contribution >= 0.6 is 0 Å². The highest BCUT2D eigenvalue weighted by molar-refractivity contribution is 7.89. The fourth-order valence-corrected chi connectivity index (χ4v) is 4.31. The monoisotopic (exact) mass is 423 g/mol. The van der Waals surface area contributed by atoms with Gasteiger partial charge in [0, 0.05) is 11.4 Å². The summed E-state index contributed by atoms with van der Waals surface area (Å²) in [5, 5.41) is 2.61. The van der Waals surface area contributed by atoms with Crippen molar-refractivity contribution in [1.82, 2.24) is 9.71 Å². The Morgan fingerprint density at radius 1 is 1.14 bits per heavy atom. The van der Waals surface area contributed by atoms with Gasteiger partial charge in [-0.2, -0.15) is 0 Å². The molecule has 29 heavy (non-hydrogen) atoms. The number of aromatic nitrogens is 1. The largest absolute Gasteiger partial charge is 0.495 e. The van der Waals surface area contributed by atoms with E-state index < -0.39 is 28.4 Å². The van der Waals surface area contributed by atoms with Crippen molar-refractivity contribution in [2.75, 3.05) is 25.6 Å². The van der Waals surface area contributed by atoms with Crippen LogP contribution in [0.5, 0.6) is 5.75 Å². The molecule has 0 radical (unpaired) electrons. The molecule has 2 rings (SSSR count). The molecule has 2 aromatic rings. The minimum Gasteiger partial charge on any atom is -0.495 e. The highest BCUT2D eigenvalue weighted by atomic mass is 32.2. The fraction of sp³-hybridized carbons (Fsp3) is 0.368. The van der Waals surface area contributed by atoms with Gasteiger partial charge in [0.15, 0.2) is 0 Å². The lowest BCUT2D eigenvalue weighted by molar-refractivity contribution is -0.115. The number of aromatic amines is 1. The molecule has 0 saturated carbocycles. The van der Waals surface area contributed by atoms with Crippen LogP contribution in [0, 0.1) is 20.8 Å². The van der Waals surface area contributed by atoms with Gasteiger partial charge in [-0.15, -0.1) is 0 Å². The maximum atomic E-state index is 12.8. The zero-order chi connectivity index (χ0) is 21.8. The molecular weight excluding hydrogens is 398 g/mol. The summed E-state index contributed by atoms with van der Waals surface area (Å²) in [6.07, 6.45) is 0. The Hall–Kier alpha value is -2.85. The zero-order valence-electron chi connectivity index (χ0n) is 17.0. The van der Waals surface area contributed by atoms with Gasteiger partial charge in [0.25, 0.3) is 0 Å². The van der Waals surface area contributed by atoms with E-state index in [0.29, 0.717) is 17.1 Å². The Kier molecular flexibility index (Phi) is 7.04. The zero-order valence-corrected chi connectivity index (χ0v) is 17.8. The number of nitrogens with one attached hydrogen (secondary N) is 3. The van der Waals surface area contributed by atoms with Gasteiger partial charge in [-0.1, -0.05) is 6.07 Å². The van der Waals surface area contributed by atoms with Crippen LogP contribution in [0.2, 0.25) is 0 Å². The van der Waals surface area contributed by atoms with E-state index in [1.165, 1.54) is 14.0 Å². The minimum atomic E-state index is -4.15. The first-order chi connectivity index (χ1) is 13.6. The molecule has 9 nitrogen and oxygen atoms in total. The molecule has 0 unspecified atom stereocenters. The van der Waals surface area contributed by atoms with Crippen molar-refractivity contribution < 1.29 is 27.5 Å². The summed E-state index contributed by atoms with van der Waals surface area (Å²) < 4.78 is 37.9. The highest BCUT2D eigenvalue weighted by Crippen LogP contribution is 2.26. The lowest BCUT2D eigenvalue weighted by Crippen LogP contribution is -2.34. The third-order valence-electron chi connectivity index (χ3n) is 4.12. The number of aryl methyl sites for hydroxylation is 3.